The summed E-state index contributed by atoms with van der Waals surface area (Å²) in [4.78, 5) is 0. The fourth-order valence-electron chi connectivity index (χ4n) is 1.74. The lowest BCUT2D eigenvalue weighted by molar-refractivity contribution is -0.680. The van der Waals surface area contributed by atoms with Crippen molar-refractivity contribution < 1.29 is 4.57 Å². The zero-order chi connectivity index (χ0) is 12.9. The SMILES string of the molecule is CCCCn1cc[n+](C)c1C(C#N)(C#N)C#N. The molecule has 1 aromatic rings. The molecule has 0 unspecified atom stereocenters. The van der Waals surface area contributed by atoms with Crippen LogP contribution in [0.1, 0.15) is 25.6 Å². The molecule has 5 heteroatoms. The third-order valence-electron chi connectivity index (χ3n) is 2.67. The van der Waals surface area contributed by atoms with E-state index < -0.39 is 5.41 Å². The molecule has 0 spiro atoms. The van der Waals surface area contributed by atoms with E-state index >= 15 is 0 Å². The van der Waals surface area contributed by atoms with Crippen LogP contribution in [-0.4, -0.2) is 4.57 Å². The van der Waals surface area contributed by atoms with E-state index in [4.69, 9.17) is 15.8 Å². The van der Waals surface area contributed by atoms with Crippen LogP contribution < -0.4 is 4.57 Å². The van der Waals surface area contributed by atoms with Crippen molar-refractivity contribution >= 4 is 0 Å². The molecule has 0 saturated carbocycles. The second kappa shape index (κ2) is 5.14. The van der Waals surface area contributed by atoms with Crippen molar-refractivity contribution in [2.75, 3.05) is 0 Å². The predicted molar refractivity (Wildman–Crippen MR) is 59.0 cm³/mol. The number of hydrogen-bond donors (Lipinski definition) is 0. The summed E-state index contributed by atoms with van der Waals surface area (Å²) in [6, 6.07) is 5.43. The van der Waals surface area contributed by atoms with Crippen LogP contribution in [0.2, 0.25) is 0 Å². The second-order valence-corrected chi connectivity index (χ2v) is 3.87. The molecule has 0 saturated heterocycles. The highest BCUT2D eigenvalue weighted by Gasteiger charge is 2.44. The molecule has 0 aliphatic heterocycles. The van der Waals surface area contributed by atoms with E-state index in [0.29, 0.717) is 12.4 Å². The molecular weight excluding hydrogens is 214 g/mol. The van der Waals surface area contributed by atoms with Gasteiger partial charge in [0.25, 0.3) is 0 Å². The number of nitrogens with zero attached hydrogens (tertiary/aromatic N) is 5. The average Bonchev–Trinajstić information content (AvgIpc) is 2.72. The minimum Gasteiger partial charge on any atom is -0.234 e. The van der Waals surface area contributed by atoms with Gasteiger partial charge in [0.1, 0.15) is 30.6 Å². The van der Waals surface area contributed by atoms with Crippen LogP contribution in [0.25, 0.3) is 0 Å². The normalized spacial score (nSPS) is 10.3. The minimum absolute atomic E-state index is 0.429. The fraction of sp³-hybridized carbons (Fsp3) is 0.500. The third kappa shape index (κ3) is 2.12. The topological polar surface area (TPSA) is 80.2 Å². The minimum atomic E-state index is -1.73. The summed E-state index contributed by atoms with van der Waals surface area (Å²) in [7, 11) is 1.73. The maximum atomic E-state index is 9.10. The number of nitriles is 3. The number of rotatable bonds is 4. The van der Waals surface area contributed by atoms with E-state index in [-0.39, 0.29) is 0 Å². The van der Waals surface area contributed by atoms with Crippen molar-refractivity contribution in [1.82, 2.24) is 4.57 Å². The van der Waals surface area contributed by atoms with Gasteiger partial charge in [-0.3, -0.25) is 0 Å². The Bertz CT molecular complexity index is 485. The molecule has 0 N–H and O–H groups in total. The standard InChI is InChI=1S/C12H14N5/c1-3-4-5-17-7-6-16(2)11(17)12(8-13,9-14)10-15/h6-7H,3-5H2,1-2H3/q+1. The molecule has 0 fully saturated rings. The van der Waals surface area contributed by atoms with Crippen LogP contribution in [-0.2, 0) is 19.0 Å². The smallest absolute Gasteiger partial charge is 0.234 e. The summed E-state index contributed by atoms with van der Waals surface area (Å²) in [6.07, 6.45) is 5.51. The van der Waals surface area contributed by atoms with Gasteiger partial charge in [0.05, 0.1) is 13.6 Å². The average molecular weight is 228 g/mol. The lowest BCUT2D eigenvalue weighted by Crippen LogP contribution is -2.41. The molecule has 1 heterocycles. The highest BCUT2D eigenvalue weighted by Crippen LogP contribution is 2.19. The van der Waals surface area contributed by atoms with Crippen molar-refractivity contribution in [2.24, 2.45) is 7.05 Å². The quantitative estimate of drug-likeness (QED) is 0.719. The number of aryl methyl sites for hydroxylation is 2. The Hall–Kier alpha value is -2.32. The molecule has 0 aromatic carbocycles. The lowest BCUT2D eigenvalue weighted by Gasteiger charge is -2.08. The first-order chi connectivity index (χ1) is 8.15. The van der Waals surface area contributed by atoms with Crippen LogP contribution >= 0.6 is 0 Å². The second-order valence-electron chi connectivity index (χ2n) is 3.87. The molecule has 0 aliphatic carbocycles. The predicted octanol–water partition coefficient (Wildman–Crippen LogP) is 0.921. The summed E-state index contributed by atoms with van der Waals surface area (Å²) in [5.74, 6) is 0.429. The Balaban J connectivity index is 3.31. The van der Waals surface area contributed by atoms with Crippen molar-refractivity contribution in [2.45, 2.75) is 31.7 Å². The lowest BCUT2D eigenvalue weighted by atomic mass is 9.92. The number of unbranched alkanes of at least 4 members (excludes halogenated alkanes) is 1. The first-order valence-electron chi connectivity index (χ1n) is 5.44. The zero-order valence-electron chi connectivity index (χ0n) is 10.0. The zero-order valence-corrected chi connectivity index (χ0v) is 10.0. The van der Waals surface area contributed by atoms with Crippen LogP contribution in [0.15, 0.2) is 12.4 Å². The first-order valence-corrected chi connectivity index (χ1v) is 5.44. The van der Waals surface area contributed by atoms with E-state index in [0.717, 1.165) is 12.8 Å². The van der Waals surface area contributed by atoms with Gasteiger partial charge in [-0.25, -0.2) is 9.13 Å². The molecule has 5 nitrogen and oxygen atoms in total. The number of hydrogen-bond acceptors (Lipinski definition) is 3. The van der Waals surface area contributed by atoms with E-state index in [9.17, 15) is 0 Å². The molecule has 0 atom stereocenters. The Morgan fingerprint density at radius 3 is 2.35 bits per heavy atom. The summed E-state index contributed by atoms with van der Waals surface area (Å²) < 4.78 is 3.46. The summed E-state index contributed by atoms with van der Waals surface area (Å²) in [5, 5.41) is 27.3. The van der Waals surface area contributed by atoms with Gasteiger partial charge in [-0.15, -0.1) is 0 Å². The van der Waals surface area contributed by atoms with Crippen LogP contribution in [0.4, 0.5) is 0 Å². The van der Waals surface area contributed by atoms with Gasteiger partial charge in [0.15, 0.2) is 0 Å². The van der Waals surface area contributed by atoms with Crippen molar-refractivity contribution in [1.29, 1.82) is 15.8 Å². The fourth-order valence-corrected chi connectivity index (χ4v) is 1.74. The number of imidazole rings is 1. The van der Waals surface area contributed by atoms with E-state index in [1.165, 1.54) is 0 Å². The van der Waals surface area contributed by atoms with Crippen molar-refractivity contribution in [3.05, 3.63) is 18.2 Å². The summed E-state index contributed by atoms with van der Waals surface area (Å²) in [5.41, 5.74) is -1.73. The monoisotopic (exact) mass is 228 g/mol. The maximum Gasteiger partial charge on any atom is 0.326 e. The van der Waals surface area contributed by atoms with E-state index in [1.54, 1.807) is 28.6 Å². The summed E-state index contributed by atoms with van der Waals surface area (Å²) >= 11 is 0. The molecule has 17 heavy (non-hydrogen) atoms. The van der Waals surface area contributed by atoms with Crippen molar-refractivity contribution in [3.63, 3.8) is 0 Å². The molecule has 1 aromatic heterocycles. The van der Waals surface area contributed by atoms with Gasteiger partial charge in [0, 0.05) is 0 Å². The van der Waals surface area contributed by atoms with Gasteiger partial charge < -0.3 is 0 Å². The largest absolute Gasteiger partial charge is 0.326 e. The molecular formula is C12H14N5+. The number of aromatic nitrogens is 2. The van der Waals surface area contributed by atoms with Gasteiger partial charge in [-0.05, 0) is 6.42 Å². The molecule has 0 bridgehead atoms. The van der Waals surface area contributed by atoms with Crippen LogP contribution in [0.3, 0.4) is 0 Å². The van der Waals surface area contributed by atoms with E-state index in [1.807, 2.05) is 18.2 Å². The Kier molecular flexibility index (Phi) is 3.86. The maximum absolute atomic E-state index is 9.10. The Morgan fingerprint density at radius 2 is 1.88 bits per heavy atom. The molecule has 0 amide bonds. The molecule has 1 rings (SSSR count). The molecule has 0 aliphatic rings. The molecule has 0 radical (unpaired) electrons. The van der Waals surface area contributed by atoms with Gasteiger partial charge >= 0.3 is 11.2 Å². The molecule has 86 valence electrons. The van der Waals surface area contributed by atoms with Crippen LogP contribution in [0, 0.1) is 34.0 Å². The summed E-state index contributed by atoms with van der Waals surface area (Å²) in [6.45, 7) is 2.77. The first kappa shape index (κ1) is 12.7. The third-order valence-corrected chi connectivity index (χ3v) is 2.67. The highest BCUT2D eigenvalue weighted by molar-refractivity contribution is 5.40. The van der Waals surface area contributed by atoms with Crippen molar-refractivity contribution in [3.8, 4) is 18.2 Å². The van der Waals surface area contributed by atoms with Gasteiger partial charge in [-0.2, -0.15) is 15.8 Å². The van der Waals surface area contributed by atoms with Gasteiger partial charge in [0.2, 0.25) is 0 Å². The van der Waals surface area contributed by atoms with Crippen LogP contribution in [0.5, 0.6) is 0 Å². The highest BCUT2D eigenvalue weighted by atomic mass is 15.1. The Labute approximate surface area is 101 Å². The van der Waals surface area contributed by atoms with Gasteiger partial charge in [-0.1, -0.05) is 13.3 Å². The van der Waals surface area contributed by atoms with E-state index in [2.05, 4.69) is 6.92 Å². The Morgan fingerprint density at radius 1 is 1.29 bits per heavy atom.